The molecule has 0 spiro atoms. The smallest absolute Gasteiger partial charge is 0.446 e. The number of methoxy groups -OCH3 is 1. The lowest BCUT2D eigenvalue weighted by atomic mass is 10.1. The number of fused-ring (bicyclic) bond motifs is 1. The molecular formula is C32H40F3N5O4S2. The number of nitrogens with zero attached hydrogens (tertiary/aromatic N) is 3. The van der Waals surface area contributed by atoms with Gasteiger partial charge in [0.05, 0.1) is 29.8 Å². The summed E-state index contributed by atoms with van der Waals surface area (Å²) >= 11 is 1.59. The maximum atomic E-state index is 13.7. The minimum Gasteiger partial charge on any atom is -0.495 e. The average molecular weight is 680 g/mol. The Hall–Kier alpha value is -3.70. The number of alkyl halides is 3. The number of carbonyl (C=O) groups is 2. The van der Waals surface area contributed by atoms with Crippen LogP contribution >= 0.6 is 23.5 Å². The van der Waals surface area contributed by atoms with Gasteiger partial charge in [0.15, 0.2) is 0 Å². The topological polar surface area (TPSA) is 97.2 Å². The van der Waals surface area contributed by atoms with Crippen molar-refractivity contribution >= 4 is 52.5 Å². The van der Waals surface area contributed by atoms with E-state index in [1.807, 2.05) is 25.6 Å². The van der Waals surface area contributed by atoms with Gasteiger partial charge in [0.1, 0.15) is 22.9 Å². The molecule has 2 amide bonds. The van der Waals surface area contributed by atoms with Crippen LogP contribution < -0.4 is 20.3 Å². The van der Waals surface area contributed by atoms with Gasteiger partial charge in [0, 0.05) is 18.7 Å². The van der Waals surface area contributed by atoms with Crippen LogP contribution in [0.5, 0.6) is 5.75 Å². The molecule has 1 aliphatic rings. The molecule has 46 heavy (non-hydrogen) atoms. The highest BCUT2D eigenvalue weighted by Gasteiger charge is 2.33. The van der Waals surface area contributed by atoms with Gasteiger partial charge in [-0.1, -0.05) is 25.8 Å². The number of aromatic nitrogens is 2. The number of halogens is 3. The van der Waals surface area contributed by atoms with Crippen molar-refractivity contribution in [1.82, 2.24) is 14.9 Å². The molecule has 4 rings (SSSR count). The first-order valence-corrected chi connectivity index (χ1v) is 16.8. The number of hydrogen-bond donors (Lipinski definition) is 2. The van der Waals surface area contributed by atoms with E-state index in [4.69, 9.17) is 9.47 Å². The highest BCUT2D eigenvalue weighted by Crippen LogP contribution is 2.41. The lowest BCUT2D eigenvalue weighted by Gasteiger charge is -2.27. The first-order chi connectivity index (χ1) is 21.8. The quantitative estimate of drug-likeness (QED) is 0.197. The molecule has 0 radical (unpaired) electrons. The third-order valence-corrected chi connectivity index (χ3v) is 8.31. The zero-order valence-electron chi connectivity index (χ0n) is 27.0. The molecule has 0 aliphatic carbocycles. The summed E-state index contributed by atoms with van der Waals surface area (Å²) in [5.74, 6) is 8.02. The first-order valence-electron chi connectivity index (χ1n) is 14.8. The van der Waals surface area contributed by atoms with Crippen molar-refractivity contribution in [3.8, 4) is 17.6 Å². The second kappa shape index (κ2) is 16.2. The summed E-state index contributed by atoms with van der Waals surface area (Å²) in [5.41, 5.74) is -4.67. The number of carbonyl (C=O) groups excluding carboxylic acids is 2. The lowest BCUT2D eigenvalue weighted by molar-refractivity contribution is -0.0328. The third-order valence-electron chi connectivity index (χ3n) is 6.42. The van der Waals surface area contributed by atoms with Crippen LogP contribution in [0.1, 0.15) is 63.5 Å². The fraction of sp³-hybridized carbons (Fsp3) is 0.469. The number of hydrogen-bond acceptors (Lipinski definition) is 8. The Morgan fingerprint density at radius 1 is 1.15 bits per heavy atom. The molecule has 1 saturated heterocycles. The van der Waals surface area contributed by atoms with Crippen LogP contribution in [0, 0.1) is 11.8 Å². The number of nitrogens with one attached hydrogen (secondary N) is 2. The molecule has 3 aromatic rings. The zero-order valence-corrected chi connectivity index (χ0v) is 28.6. The van der Waals surface area contributed by atoms with Gasteiger partial charge in [-0.3, -0.25) is 9.69 Å². The molecule has 0 atom stereocenters. The van der Waals surface area contributed by atoms with Crippen molar-refractivity contribution in [3.05, 3.63) is 47.7 Å². The Balaban J connectivity index is 0.00000282. The normalized spacial score (nSPS) is 13.5. The molecule has 14 heteroatoms. The third kappa shape index (κ3) is 9.90. The highest BCUT2D eigenvalue weighted by atomic mass is 32.2. The fourth-order valence-corrected chi connectivity index (χ4v) is 6.25. The second-order valence-electron chi connectivity index (χ2n) is 10.8. The monoisotopic (exact) mass is 679 g/mol. The van der Waals surface area contributed by atoms with Crippen molar-refractivity contribution in [2.45, 2.75) is 69.5 Å². The molecule has 1 aliphatic heterocycles. The van der Waals surface area contributed by atoms with E-state index in [9.17, 15) is 22.8 Å². The van der Waals surface area contributed by atoms with Crippen LogP contribution in [-0.2, 0) is 4.74 Å². The molecule has 9 nitrogen and oxygen atoms in total. The molecule has 1 aromatic carbocycles. The van der Waals surface area contributed by atoms with E-state index in [2.05, 4.69) is 27.6 Å². The first kappa shape index (κ1) is 36.8. The van der Waals surface area contributed by atoms with Crippen molar-refractivity contribution in [2.24, 2.45) is 0 Å². The van der Waals surface area contributed by atoms with Gasteiger partial charge in [-0.2, -0.15) is 30.0 Å². The van der Waals surface area contributed by atoms with E-state index in [0.29, 0.717) is 11.4 Å². The van der Waals surface area contributed by atoms with E-state index in [0.717, 1.165) is 24.3 Å². The van der Waals surface area contributed by atoms with Crippen LogP contribution in [0.15, 0.2) is 41.3 Å². The molecule has 1 fully saturated rings. The van der Waals surface area contributed by atoms with Crippen molar-refractivity contribution in [3.63, 3.8) is 0 Å². The predicted octanol–water partition coefficient (Wildman–Crippen LogP) is 7.44. The number of ether oxygens (including phenoxy) is 2. The Bertz CT molecular complexity index is 1570. The summed E-state index contributed by atoms with van der Waals surface area (Å²) in [6, 6.07) is 9.73. The minimum atomic E-state index is -4.58. The number of anilines is 2. The van der Waals surface area contributed by atoms with Gasteiger partial charge in [-0.25, -0.2) is 9.31 Å². The van der Waals surface area contributed by atoms with Gasteiger partial charge in [0.2, 0.25) is 0 Å². The van der Waals surface area contributed by atoms with Crippen molar-refractivity contribution < 1.29 is 32.2 Å². The number of thioether (sulfide) groups is 2. The summed E-state index contributed by atoms with van der Waals surface area (Å²) in [5, 5.41) is 10.4. The van der Waals surface area contributed by atoms with Crippen molar-refractivity contribution in [1.29, 1.82) is 0 Å². The number of pyridine rings is 1. The van der Waals surface area contributed by atoms with E-state index in [-0.39, 0.29) is 57.8 Å². The molecule has 0 saturated carbocycles. The standard InChI is InChI=1S/C30H34F3N5O4S2.C2H6/c1-29(2,3)42-28(40)37(22-12-11-19(27(39)34-4)18-24(22)41-5)15-7-8-21-26(44-30(31,32)33)23-9-6-10-25(38(23)36-21)35-20-13-16-43-17-14-20;1-2/h6,9-12,18,20,35H,13-17H2,1-5H3,(H,34,39);1-2H3. The van der Waals surface area contributed by atoms with E-state index >= 15 is 0 Å². The van der Waals surface area contributed by atoms with Gasteiger partial charge in [0.25, 0.3) is 5.91 Å². The van der Waals surface area contributed by atoms with Crippen LogP contribution in [0.3, 0.4) is 0 Å². The maximum Gasteiger partial charge on any atom is 0.446 e. The largest absolute Gasteiger partial charge is 0.495 e. The predicted molar refractivity (Wildman–Crippen MR) is 179 cm³/mol. The summed E-state index contributed by atoms with van der Waals surface area (Å²) in [6.45, 7) is 8.85. The van der Waals surface area contributed by atoms with E-state index < -0.39 is 17.2 Å². The Morgan fingerprint density at radius 2 is 1.85 bits per heavy atom. The van der Waals surface area contributed by atoms with Crippen LogP contribution in [0.4, 0.5) is 29.5 Å². The highest BCUT2D eigenvalue weighted by molar-refractivity contribution is 8.00. The molecule has 2 aromatic heterocycles. The van der Waals surface area contributed by atoms with Gasteiger partial charge in [-0.05, 0) is 93.1 Å². The van der Waals surface area contributed by atoms with Crippen molar-refractivity contribution in [2.75, 3.05) is 42.4 Å². The Morgan fingerprint density at radius 3 is 2.46 bits per heavy atom. The fourth-order valence-electron chi connectivity index (χ4n) is 4.46. The molecule has 3 heterocycles. The summed E-state index contributed by atoms with van der Waals surface area (Å²) in [7, 11) is 2.88. The molecule has 0 unspecified atom stereocenters. The average Bonchev–Trinajstić information content (AvgIpc) is 3.35. The molecule has 0 bridgehead atoms. The Kier molecular flexibility index (Phi) is 13.0. The minimum absolute atomic E-state index is 0.0770. The van der Waals surface area contributed by atoms with E-state index in [1.54, 1.807) is 39.0 Å². The van der Waals surface area contributed by atoms with Crippen LogP contribution in [-0.4, -0.2) is 71.0 Å². The summed E-state index contributed by atoms with van der Waals surface area (Å²) in [6.07, 6.45) is 1.12. The summed E-state index contributed by atoms with van der Waals surface area (Å²) < 4.78 is 53.5. The number of rotatable bonds is 7. The summed E-state index contributed by atoms with van der Waals surface area (Å²) in [4.78, 5) is 26.5. The lowest BCUT2D eigenvalue weighted by Crippen LogP contribution is -2.37. The Labute approximate surface area is 276 Å². The molecule has 250 valence electrons. The second-order valence-corrected chi connectivity index (χ2v) is 13.1. The van der Waals surface area contributed by atoms with E-state index in [1.165, 1.54) is 41.8 Å². The van der Waals surface area contributed by atoms with Crippen LogP contribution in [0.25, 0.3) is 5.52 Å². The van der Waals surface area contributed by atoms with Gasteiger partial charge < -0.3 is 20.1 Å². The molecule has 2 N–H and O–H groups in total. The SMILES string of the molecule is CC.CNC(=O)c1ccc(N(CC#Cc2nn3c(NC4CCSCC4)cccc3c2SC(F)(F)F)C(=O)OC(C)(C)C)c(OC)c1. The number of amides is 2. The maximum absolute atomic E-state index is 13.7. The van der Waals surface area contributed by atoms with Gasteiger partial charge in [-0.15, -0.1) is 0 Å². The zero-order chi connectivity index (χ0) is 34.1. The van der Waals surface area contributed by atoms with Crippen LogP contribution in [0.2, 0.25) is 0 Å². The van der Waals surface area contributed by atoms with Gasteiger partial charge >= 0.3 is 11.6 Å². The number of benzene rings is 1. The molecular weight excluding hydrogens is 640 g/mol.